The molecule has 1 amide bonds. The molecule has 2 heterocycles. The zero-order valence-electron chi connectivity index (χ0n) is 22.2. The zero-order chi connectivity index (χ0) is 28.3. The maximum Gasteiger partial charge on any atom is 0.418 e. The van der Waals surface area contributed by atoms with E-state index in [4.69, 9.17) is 9.47 Å². The Kier molecular flexibility index (Phi) is 7.89. The van der Waals surface area contributed by atoms with E-state index in [1.165, 1.54) is 22.9 Å². The van der Waals surface area contributed by atoms with E-state index in [9.17, 15) is 18.0 Å². The van der Waals surface area contributed by atoms with Crippen LogP contribution >= 0.6 is 0 Å². The molecule has 0 aliphatic rings. The van der Waals surface area contributed by atoms with Crippen LogP contribution in [0.25, 0.3) is 5.95 Å². The lowest BCUT2D eigenvalue weighted by Gasteiger charge is -2.16. The van der Waals surface area contributed by atoms with E-state index in [1.807, 2.05) is 31.2 Å². The number of hydrogen-bond acceptors (Lipinski definition) is 6. The molecule has 0 saturated heterocycles. The van der Waals surface area contributed by atoms with Crippen molar-refractivity contribution in [1.82, 2.24) is 19.7 Å². The number of ether oxygens (including phenoxy) is 2. The van der Waals surface area contributed by atoms with Crippen LogP contribution < -0.4 is 14.8 Å². The Morgan fingerprint density at radius 2 is 1.69 bits per heavy atom. The molecule has 4 aromatic rings. The fourth-order valence-electron chi connectivity index (χ4n) is 4.09. The van der Waals surface area contributed by atoms with Gasteiger partial charge in [0.15, 0.2) is 0 Å². The highest BCUT2D eigenvalue weighted by molar-refractivity contribution is 6.05. The Balaban J connectivity index is 1.70. The first kappa shape index (κ1) is 27.6. The van der Waals surface area contributed by atoms with Crippen molar-refractivity contribution >= 4 is 11.6 Å². The van der Waals surface area contributed by atoms with Crippen molar-refractivity contribution in [2.24, 2.45) is 0 Å². The first-order valence-electron chi connectivity index (χ1n) is 12.2. The van der Waals surface area contributed by atoms with Crippen LogP contribution in [0.15, 0.2) is 48.5 Å². The molecule has 4 rings (SSSR count). The SMILES string of the molecule is CCc1c(C)nc(-n2nc(C)c(C)c2C(=O)Nc2ccccc2C(F)(F)F)nc1OCc1ccc(OC)cc1. The third kappa shape index (κ3) is 5.87. The summed E-state index contributed by atoms with van der Waals surface area (Å²) < 4.78 is 53.0. The molecule has 0 fully saturated rings. The number of para-hydroxylation sites is 1. The number of carbonyl (C=O) groups excluding carboxylic acids is 1. The van der Waals surface area contributed by atoms with Crippen LogP contribution in [-0.2, 0) is 19.2 Å². The van der Waals surface area contributed by atoms with Gasteiger partial charge in [-0.1, -0.05) is 31.2 Å². The highest BCUT2D eigenvalue weighted by atomic mass is 19.4. The molecule has 8 nitrogen and oxygen atoms in total. The van der Waals surface area contributed by atoms with Crippen LogP contribution in [0, 0.1) is 20.8 Å². The summed E-state index contributed by atoms with van der Waals surface area (Å²) >= 11 is 0. The van der Waals surface area contributed by atoms with Crippen molar-refractivity contribution in [3.63, 3.8) is 0 Å². The monoisotopic (exact) mass is 539 g/mol. The Labute approximate surface area is 223 Å². The van der Waals surface area contributed by atoms with Crippen LogP contribution in [0.5, 0.6) is 11.6 Å². The molecular formula is C28H28F3N5O3. The van der Waals surface area contributed by atoms with Crippen molar-refractivity contribution < 1.29 is 27.4 Å². The lowest BCUT2D eigenvalue weighted by molar-refractivity contribution is -0.136. The summed E-state index contributed by atoms with van der Waals surface area (Å²) in [6, 6.07) is 12.2. The summed E-state index contributed by atoms with van der Waals surface area (Å²) in [5.74, 6) is 0.350. The van der Waals surface area contributed by atoms with Gasteiger partial charge < -0.3 is 14.8 Å². The Morgan fingerprint density at radius 3 is 2.33 bits per heavy atom. The van der Waals surface area contributed by atoms with Crippen molar-refractivity contribution in [3.8, 4) is 17.6 Å². The van der Waals surface area contributed by atoms with Crippen LogP contribution in [0.4, 0.5) is 18.9 Å². The third-order valence-corrected chi connectivity index (χ3v) is 6.30. The predicted octanol–water partition coefficient (Wildman–Crippen LogP) is 6.01. The number of amides is 1. The van der Waals surface area contributed by atoms with Crippen LogP contribution in [0.1, 0.15) is 51.1 Å². The number of anilines is 1. The molecule has 39 heavy (non-hydrogen) atoms. The van der Waals surface area contributed by atoms with Gasteiger partial charge in [-0.3, -0.25) is 4.79 Å². The van der Waals surface area contributed by atoms with Crippen molar-refractivity contribution in [2.75, 3.05) is 12.4 Å². The first-order chi connectivity index (χ1) is 18.5. The molecule has 11 heteroatoms. The lowest BCUT2D eigenvalue weighted by Crippen LogP contribution is -2.22. The standard InChI is InChI=1S/C28H28F3N5O3/c1-6-21-18(4)32-27(34-26(21)39-15-19-11-13-20(38-5)14-12-19)36-24(16(2)17(3)35-36)25(37)33-23-10-8-7-9-22(23)28(29,30)31/h7-14H,6,15H2,1-5H3,(H,33,37). The summed E-state index contributed by atoms with van der Waals surface area (Å²) in [7, 11) is 1.59. The molecule has 0 aliphatic heterocycles. The maximum absolute atomic E-state index is 13.5. The highest BCUT2D eigenvalue weighted by Gasteiger charge is 2.34. The van der Waals surface area contributed by atoms with E-state index in [-0.39, 0.29) is 23.9 Å². The quantitative estimate of drug-likeness (QED) is 0.295. The number of halogens is 3. The smallest absolute Gasteiger partial charge is 0.418 e. The molecule has 0 saturated carbocycles. The lowest BCUT2D eigenvalue weighted by atomic mass is 10.1. The number of alkyl halides is 3. The molecule has 1 N–H and O–H groups in total. The Hall–Kier alpha value is -4.41. The second kappa shape index (κ2) is 11.1. The van der Waals surface area contributed by atoms with E-state index in [0.29, 0.717) is 29.3 Å². The van der Waals surface area contributed by atoms with Gasteiger partial charge in [0.05, 0.1) is 24.1 Å². The molecular weight excluding hydrogens is 511 g/mol. The summed E-state index contributed by atoms with van der Waals surface area (Å²) in [6.07, 6.45) is -4.04. The molecule has 0 bridgehead atoms. The highest BCUT2D eigenvalue weighted by Crippen LogP contribution is 2.35. The average molecular weight is 540 g/mol. The van der Waals surface area contributed by atoms with E-state index >= 15 is 0 Å². The molecule has 0 aliphatic carbocycles. The van der Waals surface area contributed by atoms with Crippen LogP contribution in [-0.4, -0.2) is 32.8 Å². The normalized spacial score (nSPS) is 11.4. The average Bonchev–Trinajstić information content (AvgIpc) is 3.21. The second-order valence-corrected chi connectivity index (χ2v) is 8.85. The number of nitrogens with zero attached hydrogens (tertiary/aromatic N) is 4. The van der Waals surface area contributed by atoms with Gasteiger partial charge in [0, 0.05) is 16.8 Å². The van der Waals surface area contributed by atoms with E-state index in [0.717, 1.165) is 22.9 Å². The minimum Gasteiger partial charge on any atom is -0.497 e. The maximum atomic E-state index is 13.5. The van der Waals surface area contributed by atoms with Crippen molar-refractivity contribution in [2.45, 2.75) is 46.9 Å². The topological polar surface area (TPSA) is 91.2 Å². The van der Waals surface area contributed by atoms with Gasteiger partial charge in [-0.2, -0.15) is 27.9 Å². The van der Waals surface area contributed by atoms with Crippen molar-refractivity contribution in [1.29, 1.82) is 0 Å². The minimum atomic E-state index is -4.64. The summed E-state index contributed by atoms with van der Waals surface area (Å²) in [6.45, 7) is 7.33. The molecule has 0 unspecified atom stereocenters. The second-order valence-electron chi connectivity index (χ2n) is 8.85. The van der Waals surface area contributed by atoms with Gasteiger partial charge in [0.2, 0.25) is 5.88 Å². The zero-order valence-corrected chi connectivity index (χ0v) is 22.2. The first-order valence-corrected chi connectivity index (χ1v) is 12.2. The molecule has 0 radical (unpaired) electrons. The molecule has 0 spiro atoms. The van der Waals surface area contributed by atoms with Crippen LogP contribution in [0.3, 0.4) is 0 Å². The van der Waals surface area contributed by atoms with Crippen molar-refractivity contribution in [3.05, 3.63) is 87.9 Å². The van der Waals surface area contributed by atoms with Gasteiger partial charge in [-0.05, 0) is 57.0 Å². The number of aromatic nitrogens is 4. The number of methoxy groups -OCH3 is 1. The van der Waals surface area contributed by atoms with Gasteiger partial charge in [0.25, 0.3) is 11.9 Å². The van der Waals surface area contributed by atoms with Gasteiger partial charge in [-0.25, -0.2) is 4.98 Å². The minimum absolute atomic E-state index is 0.0224. The largest absolute Gasteiger partial charge is 0.497 e. The number of nitrogens with one attached hydrogen (secondary N) is 1. The van der Waals surface area contributed by atoms with E-state index in [1.54, 1.807) is 27.9 Å². The summed E-state index contributed by atoms with van der Waals surface area (Å²) in [4.78, 5) is 22.5. The number of benzene rings is 2. The van der Waals surface area contributed by atoms with Gasteiger partial charge in [0.1, 0.15) is 18.1 Å². The number of carbonyl (C=O) groups is 1. The summed E-state index contributed by atoms with van der Waals surface area (Å²) in [5.41, 5.74) is 2.02. The van der Waals surface area contributed by atoms with Gasteiger partial charge in [-0.15, -0.1) is 0 Å². The number of aryl methyl sites for hydroxylation is 2. The van der Waals surface area contributed by atoms with E-state index < -0.39 is 17.6 Å². The molecule has 2 aromatic carbocycles. The third-order valence-electron chi connectivity index (χ3n) is 6.30. The predicted molar refractivity (Wildman–Crippen MR) is 139 cm³/mol. The van der Waals surface area contributed by atoms with Crippen LogP contribution in [0.2, 0.25) is 0 Å². The molecule has 204 valence electrons. The van der Waals surface area contributed by atoms with Gasteiger partial charge >= 0.3 is 6.18 Å². The van der Waals surface area contributed by atoms with E-state index in [2.05, 4.69) is 20.4 Å². The number of hydrogen-bond donors (Lipinski definition) is 1. The summed E-state index contributed by atoms with van der Waals surface area (Å²) in [5, 5.41) is 6.82. The Morgan fingerprint density at radius 1 is 1.00 bits per heavy atom. The Bertz CT molecular complexity index is 1500. The number of rotatable bonds is 8. The fraction of sp³-hybridized carbons (Fsp3) is 0.286. The molecule has 2 aromatic heterocycles. The fourth-order valence-corrected chi connectivity index (χ4v) is 4.09. The molecule has 0 atom stereocenters.